The summed E-state index contributed by atoms with van der Waals surface area (Å²) in [6.45, 7) is 0.947. The SMILES string of the molecule is COc1cc(CNCCCF)cc(Br)c1O. The average Bonchev–Trinajstić information content (AvgIpc) is 2.29. The van der Waals surface area contributed by atoms with E-state index in [2.05, 4.69) is 21.2 Å². The molecule has 0 heterocycles. The molecule has 2 N–H and O–H groups in total. The number of phenols is 1. The van der Waals surface area contributed by atoms with Gasteiger partial charge < -0.3 is 15.2 Å². The minimum Gasteiger partial charge on any atom is -0.503 e. The molecule has 0 radical (unpaired) electrons. The van der Waals surface area contributed by atoms with E-state index >= 15 is 0 Å². The van der Waals surface area contributed by atoms with E-state index in [4.69, 9.17) is 4.74 Å². The number of hydrogen-bond donors (Lipinski definition) is 2. The van der Waals surface area contributed by atoms with Crippen LogP contribution >= 0.6 is 15.9 Å². The van der Waals surface area contributed by atoms with Gasteiger partial charge in [-0.2, -0.15) is 0 Å². The Balaban J connectivity index is 2.63. The van der Waals surface area contributed by atoms with Crippen LogP contribution in [0.25, 0.3) is 0 Å². The van der Waals surface area contributed by atoms with Crippen molar-refractivity contribution in [2.45, 2.75) is 13.0 Å². The van der Waals surface area contributed by atoms with Gasteiger partial charge in [0, 0.05) is 6.54 Å². The maximum absolute atomic E-state index is 11.9. The molecule has 16 heavy (non-hydrogen) atoms. The Morgan fingerprint density at radius 3 is 2.88 bits per heavy atom. The number of rotatable bonds is 6. The van der Waals surface area contributed by atoms with Crippen LogP contribution in [0, 0.1) is 0 Å². The summed E-state index contributed by atoms with van der Waals surface area (Å²) in [5.41, 5.74) is 0.973. The maximum Gasteiger partial charge on any atom is 0.172 e. The molecule has 0 bridgehead atoms. The first-order valence-electron chi connectivity index (χ1n) is 5.01. The van der Waals surface area contributed by atoms with Crippen LogP contribution in [0.2, 0.25) is 0 Å². The van der Waals surface area contributed by atoms with Gasteiger partial charge in [0.15, 0.2) is 11.5 Å². The normalized spacial score (nSPS) is 10.4. The van der Waals surface area contributed by atoms with E-state index in [1.807, 2.05) is 0 Å². The third kappa shape index (κ3) is 3.64. The van der Waals surface area contributed by atoms with Crippen LogP contribution in [0.3, 0.4) is 0 Å². The summed E-state index contributed by atoms with van der Waals surface area (Å²) in [7, 11) is 1.50. The number of hydrogen-bond acceptors (Lipinski definition) is 3. The number of phenolic OH excluding ortho intramolecular Hbond substituents is 1. The molecule has 5 heteroatoms. The molecule has 0 unspecified atom stereocenters. The van der Waals surface area contributed by atoms with Gasteiger partial charge in [-0.1, -0.05) is 0 Å². The zero-order chi connectivity index (χ0) is 12.0. The Bertz CT molecular complexity index is 347. The Morgan fingerprint density at radius 1 is 1.50 bits per heavy atom. The number of aromatic hydroxyl groups is 1. The number of ether oxygens (including phenoxy) is 1. The molecule has 1 aromatic carbocycles. The van der Waals surface area contributed by atoms with Crippen molar-refractivity contribution < 1.29 is 14.2 Å². The van der Waals surface area contributed by atoms with Crippen molar-refractivity contribution in [3.05, 3.63) is 22.2 Å². The highest BCUT2D eigenvalue weighted by Crippen LogP contribution is 2.35. The lowest BCUT2D eigenvalue weighted by Gasteiger charge is -2.09. The molecule has 90 valence electrons. The monoisotopic (exact) mass is 291 g/mol. The molecular formula is C11H15BrFNO2. The van der Waals surface area contributed by atoms with Crippen LogP contribution in [0.15, 0.2) is 16.6 Å². The van der Waals surface area contributed by atoms with Crippen LogP contribution in [0.4, 0.5) is 4.39 Å². The topological polar surface area (TPSA) is 41.5 Å². The summed E-state index contributed by atoms with van der Waals surface area (Å²) in [5.74, 6) is 0.520. The Labute approximate surface area is 103 Å². The second-order valence-electron chi connectivity index (χ2n) is 3.35. The summed E-state index contributed by atoms with van der Waals surface area (Å²) < 4.78 is 17.5. The largest absolute Gasteiger partial charge is 0.503 e. The summed E-state index contributed by atoms with van der Waals surface area (Å²) >= 11 is 3.24. The molecule has 0 amide bonds. The predicted octanol–water partition coefficient (Wildman–Crippen LogP) is 2.61. The Morgan fingerprint density at radius 2 is 2.25 bits per heavy atom. The van der Waals surface area contributed by atoms with Crippen molar-refractivity contribution in [1.82, 2.24) is 5.32 Å². The standard InChI is InChI=1S/C11H15BrFNO2/c1-16-10-6-8(5-9(12)11(10)15)7-14-4-2-3-13/h5-6,14-15H,2-4,7H2,1H3. The minimum atomic E-state index is -0.310. The van der Waals surface area contributed by atoms with Gasteiger partial charge >= 0.3 is 0 Å². The van der Waals surface area contributed by atoms with E-state index in [0.717, 1.165) is 5.56 Å². The molecule has 0 saturated heterocycles. The number of nitrogens with one attached hydrogen (secondary N) is 1. The minimum absolute atomic E-state index is 0.0926. The Kier molecular flexibility index (Phi) is 5.55. The maximum atomic E-state index is 11.9. The summed E-state index contributed by atoms with van der Waals surface area (Å²) in [6, 6.07) is 3.56. The first-order chi connectivity index (χ1) is 7.69. The van der Waals surface area contributed by atoms with Crippen molar-refractivity contribution in [3.63, 3.8) is 0 Å². The highest BCUT2D eigenvalue weighted by molar-refractivity contribution is 9.10. The van der Waals surface area contributed by atoms with E-state index in [9.17, 15) is 9.50 Å². The van der Waals surface area contributed by atoms with Crippen LogP contribution in [0.1, 0.15) is 12.0 Å². The fourth-order valence-electron chi connectivity index (χ4n) is 1.31. The van der Waals surface area contributed by atoms with Gasteiger partial charge in [-0.25, -0.2) is 0 Å². The number of alkyl halides is 1. The molecule has 0 atom stereocenters. The molecule has 1 rings (SSSR count). The zero-order valence-electron chi connectivity index (χ0n) is 9.09. The predicted molar refractivity (Wildman–Crippen MR) is 64.7 cm³/mol. The number of methoxy groups -OCH3 is 1. The van der Waals surface area contributed by atoms with Crippen LogP contribution in [-0.2, 0) is 6.54 Å². The van der Waals surface area contributed by atoms with Crippen molar-refractivity contribution in [2.24, 2.45) is 0 Å². The molecule has 0 aliphatic carbocycles. The van der Waals surface area contributed by atoms with Crippen molar-refractivity contribution in [3.8, 4) is 11.5 Å². The molecule has 3 nitrogen and oxygen atoms in total. The lowest BCUT2D eigenvalue weighted by atomic mass is 10.2. The van der Waals surface area contributed by atoms with E-state index < -0.39 is 0 Å². The van der Waals surface area contributed by atoms with Gasteiger partial charge in [-0.05, 0) is 46.6 Å². The van der Waals surface area contributed by atoms with E-state index in [1.165, 1.54) is 7.11 Å². The van der Waals surface area contributed by atoms with Crippen LogP contribution in [-0.4, -0.2) is 25.4 Å². The third-order valence-corrected chi connectivity index (χ3v) is 2.73. The molecule has 0 aliphatic heterocycles. The van der Waals surface area contributed by atoms with Gasteiger partial charge in [0.25, 0.3) is 0 Å². The molecule has 0 aromatic heterocycles. The van der Waals surface area contributed by atoms with Gasteiger partial charge in [-0.3, -0.25) is 4.39 Å². The lowest BCUT2D eigenvalue weighted by Crippen LogP contribution is -2.15. The fraction of sp³-hybridized carbons (Fsp3) is 0.455. The van der Waals surface area contributed by atoms with E-state index in [1.54, 1.807) is 12.1 Å². The molecule has 0 spiro atoms. The van der Waals surface area contributed by atoms with Crippen molar-refractivity contribution in [1.29, 1.82) is 0 Å². The van der Waals surface area contributed by atoms with E-state index in [0.29, 0.717) is 29.7 Å². The fourth-order valence-corrected chi connectivity index (χ4v) is 1.80. The first kappa shape index (κ1) is 13.3. The summed E-state index contributed by atoms with van der Waals surface area (Å²) in [5, 5.41) is 12.7. The molecule has 0 fully saturated rings. The number of benzene rings is 1. The highest BCUT2D eigenvalue weighted by atomic mass is 79.9. The lowest BCUT2D eigenvalue weighted by molar-refractivity contribution is 0.371. The third-order valence-electron chi connectivity index (χ3n) is 2.12. The molecule has 0 saturated carbocycles. The molecule has 0 aliphatic rings. The first-order valence-corrected chi connectivity index (χ1v) is 5.80. The summed E-state index contributed by atoms with van der Waals surface area (Å²) in [4.78, 5) is 0. The zero-order valence-corrected chi connectivity index (χ0v) is 10.7. The summed E-state index contributed by atoms with van der Waals surface area (Å²) in [6.07, 6.45) is 0.510. The van der Waals surface area contributed by atoms with Crippen LogP contribution in [0.5, 0.6) is 11.5 Å². The van der Waals surface area contributed by atoms with E-state index in [-0.39, 0.29) is 12.4 Å². The quantitative estimate of drug-likeness (QED) is 0.792. The number of halogens is 2. The highest BCUT2D eigenvalue weighted by Gasteiger charge is 2.07. The smallest absolute Gasteiger partial charge is 0.172 e. The molecule has 1 aromatic rings. The van der Waals surface area contributed by atoms with Gasteiger partial charge in [0.2, 0.25) is 0 Å². The van der Waals surface area contributed by atoms with Crippen LogP contribution < -0.4 is 10.1 Å². The van der Waals surface area contributed by atoms with Gasteiger partial charge in [-0.15, -0.1) is 0 Å². The van der Waals surface area contributed by atoms with Gasteiger partial charge in [0.1, 0.15) is 0 Å². The van der Waals surface area contributed by atoms with Crippen molar-refractivity contribution >= 4 is 15.9 Å². The Hall–Kier alpha value is -0.810. The van der Waals surface area contributed by atoms with Crippen molar-refractivity contribution in [2.75, 3.05) is 20.3 Å². The second kappa shape index (κ2) is 6.70. The molecular weight excluding hydrogens is 277 g/mol. The second-order valence-corrected chi connectivity index (χ2v) is 4.20. The average molecular weight is 292 g/mol. The van der Waals surface area contributed by atoms with Gasteiger partial charge in [0.05, 0.1) is 18.3 Å².